The van der Waals surface area contributed by atoms with Crippen molar-refractivity contribution >= 4 is 22.9 Å². The van der Waals surface area contributed by atoms with Crippen molar-refractivity contribution < 1.29 is 28.2 Å². The summed E-state index contributed by atoms with van der Waals surface area (Å²) in [4.78, 5) is 23.1. The molecule has 1 N–H and O–H groups in total. The molecular formula is C27H26FNO5S. The Morgan fingerprint density at radius 1 is 0.886 bits per heavy atom. The third kappa shape index (κ3) is 6.76. The zero-order valence-corrected chi connectivity index (χ0v) is 20.1. The lowest BCUT2D eigenvalue weighted by molar-refractivity contribution is -0.119. The van der Waals surface area contributed by atoms with Gasteiger partial charge in [0.15, 0.2) is 0 Å². The smallest absolute Gasteiger partial charge is 0.286 e. The van der Waals surface area contributed by atoms with Crippen molar-refractivity contribution in [2.45, 2.75) is 31.4 Å². The van der Waals surface area contributed by atoms with E-state index in [-0.39, 0.29) is 17.0 Å². The minimum absolute atomic E-state index is 0.289. The largest absolute Gasteiger partial charge is 0.493 e. The van der Waals surface area contributed by atoms with Crippen LogP contribution in [0.5, 0.6) is 23.0 Å². The van der Waals surface area contributed by atoms with Crippen LogP contribution in [0.3, 0.4) is 0 Å². The standard InChI is InChI=1S/C27H26FNO5S/c1-2-4-19-17-23(34-22-11-7-20(28)8-12-22)13-14-24(19)33-16-3-15-32-21-9-5-18(6-10-21)25-26(30)29-27(31)35-25/h5-14,17,25H,2-4,15-16H2,1H3,(H,29,30,31)/t25-/m1/s1. The summed E-state index contributed by atoms with van der Waals surface area (Å²) < 4.78 is 30.7. The van der Waals surface area contributed by atoms with Crippen molar-refractivity contribution in [2.75, 3.05) is 13.2 Å². The van der Waals surface area contributed by atoms with Crippen LogP contribution in [0.1, 0.15) is 36.1 Å². The van der Waals surface area contributed by atoms with Gasteiger partial charge in [-0.3, -0.25) is 14.9 Å². The fraction of sp³-hybridized carbons (Fsp3) is 0.259. The summed E-state index contributed by atoms with van der Waals surface area (Å²) in [6.45, 7) is 3.07. The van der Waals surface area contributed by atoms with Crippen LogP contribution in [0.25, 0.3) is 0 Å². The summed E-state index contributed by atoms with van der Waals surface area (Å²) in [5.74, 6) is 2.16. The topological polar surface area (TPSA) is 73.9 Å². The van der Waals surface area contributed by atoms with Crippen molar-refractivity contribution in [1.82, 2.24) is 5.32 Å². The Bertz CT molecular complexity index is 1170. The molecule has 182 valence electrons. The maximum absolute atomic E-state index is 13.1. The lowest BCUT2D eigenvalue weighted by atomic mass is 10.1. The van der Waals surface area contributed by atoms with Crippen LogP contribution in [-0.4, -0.2) is 24.4 Å². The summed E-state index contributed by atoms with van der Waals surface area (Å²) in [6, 6.07) is 18.8. The molecule has 1 aliphatic rings. The zero-order chi connectivity index (χ0) is 24.6. The monoisotopic (exact) mass is 495 g/mol. The zero-order valence-electron chi connectivity index (χ0n) is 19.3. The maximum Gasteiger partial charge on any atom is 0.286 e. The SMILES string of the molecule is CCCc1cc(Oc2ccc(F)cc2)ccc1OCCCOc1ccc([C@H]2SC(=O)NC2=O)cc1. The van der Waals surface area contributed by atoms with E-state index >= 15 is 0 Å². The molecule has 8 heteroatoms. The molecule has 4 rings (SSSR count). The first-order valence-corrected chi connectivity index (χ1v) is 12.3. The lowest BCUT2D eigenvalue weighted by Crippen LogP contribution is -2.20. The van der Waals surface area contributed by atoms with Gasteiger partial charge in [-0.15, -0.1) is 0 Å². The molecule has 35 heavy (non-hydrogen) atoms. The van der Waals surface area contributed by atoms with Crippen LogP contribution in [0, 0.1) is 5.82 Å². The second-order valence-electron chi connectivity index (χ2n) is 7.97. The molecule has 0 saturated carbocycles. The Balaban J connectivity index is 1.25. The van der Waals surface area contributed by atoms with Crippen LogP contribution in [0.2, 0.25) is 0 Å². The summed E-state index contributed by atoms with van der Waals surface area (Å²) in [5, 5.41) is 1.46. The highest BCUT2D eigenvalue weighted by Crippen LogP contribution is 2.35. The molecule has 3 aromatic rings. The van der Waals surface area contributed by atoms with Crippen molar-refractivity contribution in [3.05, 3.63) is 83.7 Å². The van der Waals surface area contributed by atoms with Gasteiger partial charge in [0.05, 0.1) is 13.2 Å². The number of halogens is 1. The van der Waals surface area contributed by atoms with Crippen LogP contribution < -0.4 is 19.5 Å². The minimum atomic E-state index is -0.505. The first-order valence-electron chi connectivity index (χ1n) is 11.4. The molecule has 3 aromatic carbocycles. The number of benzene rings is 3. The summed E-state index contributed by atoms with van der Waals surface area (Å²) >= 11 is 0.983. The quantitative estimate of drug-likeness (QED) is 0.309. The van der Waals surface area contributed by atoms with Gasteiger partial charge >= 0.3 is 0 Å². The molecule has 6 nitrogen and oxygen atoms in total. The fourth-order valence-electron chi connectivity index (χ4n) is 3.61. The predicted molar refractivity (Wildman–Crippen MR) is 133 cm³/mol. The fourth-order valence-corrected chi connectivity index (χ4v) is 4.44. The Morgan fingerprint density at radius 3 is 2.26 bits per heavy atom. The average molecular weight is 496 g/mol. The first kappa shape index (κ1) is 24.6. The molecule has 0 radical (unpaired) electrons. The average Bonchev–Trinajstić information content (AvgIpc) is 3.20. The highest BCUT2D eigenvalue weighted by atomic mass is 32.2. The van der Waals surface area contributed by atoms with Crippen molar-refractivity contribution in [3.8, 4) is 23.0 Å². The number of carbonyl (C=O) groups excluding carboxylic acids is 2. The molecule has 0 aromatic heterocycles. The predicted octanol–water partition coefficient (Wildman–Crippen LogP) is 6.44. The van der Waals surface area contributed by atoms with E-state index in [4.69, 9.17) is 14.2 Å². The lowest BCUT2D eigenvalue weighted by Gasteiger charge is -2.14. The van der Waals surface area contributed by atoms with E-state index in [9.17, 15) is 14.0 Å². The molecule has 1 atom stereocenters. The molecular weight excluding hydrogens is 469 g/mol. The summed E-state index contributed by atoms with van der Waals surface area (Å²) in [5.41, 5.74) is 1.82. The van der Waals surface area contributed by atoms with E-state index in [2.05, 4.69) is 12.2 Å². The van der Waals surface area contributed by atoms with Crippen LogP contribution in [0.4, 0.5) is 9.18 Å². The Hall–Kier alpha value is -3.52. The first-order chi connectivity index (χ1) is 17.0. The van der Waals surface area contributed by atoms with Gasteiger partial charge < -0.3 is 14.2 Å². The highest BCUT2D eigenvalue weighted by Gasteiger charge is 2.32. The molecule has 0 spiro atoms. The molecule has 0 bridgehead atoms. The van der Waals surface area contributed by atoms with E-state index < -0.39 is 5.25 Å². The number of imide groups is 1. The number of ether oxygens (including phenoxy) is 3. The van der Waals surface area contributed by atoms with Gasteiger partial charge in [0, 0.05) is 6.42 Å². The highest BCUT2D eigenvalue weighted by molar-refractivity contribution is 8.15. The van der Waals surface area contributed by atoms with E-state index in [0.29, 0.717) is 36.9 Å². The number of hydrogen-bond acceptors (Lipinski definition) is 6. The summed E-state index contributed by atoms with van der Waals surface area (Å²) in [6.07, 6.45) is 2.50. The van der Waals surface area contributed by atoms with Gasteiger partial charge in [-0.05, 0) is 83.9 Å². The molecule has 0 unspecified atom stereocenters. The van der Waals surface area contributed by atoms with Gasteiger partial charge in [0.1, 0.15) is 34.1 Å². The minimum Gasteiger partial charge on any atom is -0.493 e. The summed E-state index contributed by atoms with van der Waals surface area (Å²) in [7, 11) is 0. The third-order valence-electron chi connectivity index (χ3n) is 5.29. The number of nitrogens with one attached hydrogen (secondary N) is 1. The van der Waals surface area contributed by atoms with Crippen LogP contribution in [-0.2, 0) is 11.2 Å². The van der Waals surface area contributed by atoms with E-state index in [0.717, 1.165) is 41.5 Å². The second kappa shape index (κ2) is 11.8. The number of aryl methyl sites for hydroxylation is 1. The number of carbonyl (C=O) groups is 2. The molecule has 2 amide bonds. The van der Waals surface area contributed by atoms with Gasteiger partial charge in [-0.2, -0.15) is 0 Å². The molecule has 0 aliphatic carbocycles. The molecule has 1 aliphatic heterocycles. The maximum atomic E-state index is 13.1. The number of rotatable bonds is 11. The van der Waals surface area contributed by atoms with Gasteiger partial charge in [0.2, 0.25) is 5.91 Å². The molecule has 1 saturated heterocycles. The van der Waals surface area contributed by atoms with E-state index in [1.165, 1.54) is 12.1 Å². The van der Waals surface area contributed by atoms with Gasteiger partial charge in [0.25, 0.3) is 5.24 Å². The second-order valence-corrected chi connectivity index (χ2v) is 9.05. The van der Waals surface area contributed by atoms with Crippen molar-refractivity contribution in [1.29, 1.82) is 0 Å². The molecule has 1 fully saturated rings. The van der Waals surface area contributed by atoms with E-state index in [1.807, 2.05) is 18.2 Å². The van der Waals surface area contributed by atoms with Crippen molar-refractivity contribution in [3.63, 3.8) is 0 Å². The van der Waals surface area contributed by atoms with Gasteiger partial charge in [-0.25, -0.2) is 4.39 Å². The van der Waals surface area contributed by atoms with Crippen LogP contribution in [0.15, 0.2) is 66.7 Å². The Morgan fingerprint density at radius 2 is 1.57 bits per heavy atom. The number of amides is 2. The normalized spacial score (nSPS) is 15.1. The number of thioether (sulfide) groups is 1. The van der Waals surface area contributed by atoms with Crippen molar-refractivity contribution in [2.24, 2.45) is 0 Å². The Labute approximate surface area is 207 Å². The number of hydrogen-bond donors (Lipinski definition) is 1. The molecule has 1 heterocycles. The van der Waals surface area contributed by atoms with Gasteiger partial charge in [-0.1, -0.05) is 25.5 Å². The third-order valence-corrected chi connectivity index (χ3v) is 6.32. The Kier molecular flexibility index (Phi) is 8.26. The van der Waals surface area contributed by atoms with E-state index in [1.54, 1.807) is 36.4 Å². The van der Waals surface area contributed by atoms with Crippen LogP contribution >= 0.6 is 11.8 Å².